The van der Waals surface area contributed by atoms with Crippen LogP contribution in [0.4, 0.5) is 5.95 Å². The van der Waals surface area contributed by atoms with E-state index in [-0.39, 0.29) is 0 Å². The van der Waals surface area contributed by atoms with Gasteiger partial charge in [-0.15, -0.1) is 0 Å². The van der Waals surface area contributed by atoms with Gasteiger partial charge in [0.05, 0.1) is 6.20 Å². The number of aromatic nitrogens is 4. The number of benzene rings is 1. The van der Waals surface area contributed by atoms with Crippen LogP contribution in [-0.4, -0.2) is 27.2 Å². The van der Waals surface area contributed by atoms with Crippen molar-refractivity contribution in [1.82, 2.24) is 20.2 Å². The molecule has 0 aliphatic heterocycles. The number of fused-ring (bicyclic) bond motifs is 1. The van der Waals surface area contributed by atoms with Gasteiger partial charge in [-0.2, -0.15) is 15.1 Å². The van der Waals surface area contributed by atoms with Gasteiger partial charge in [0.25, 0.3) is 0 Å². The van der Waals surface area contributed by atoms with Crippen LogP contribution in [0.15, 0.2) is 30.5 Å². The van der Waals surface area contributed by atoms with Crippen molar-refractivity contribution in [1.29, 1.82) is 0 Å². The van der Waals surface area contributed by atoms with Gasteiger partial charge in [-0.25, -0.2) is 0 Å². The van der Waals surface area contributed by atoms with E-state index < -0.39 is 0 Å². The molecule has 0 fully saturated rings. The number of rotatable bonds is 4. The zero-order valence-corrected chi connectivity index (χ0v) is 12.2. The van der Waals surface area contributed by atoms with Crippen LogP contribution in [0.1, 0.15) is 25.3 Å². The number of H-pyrrole nitrogens is 1. The standard InChI is InChI=1S/C15H17N5O/c1-9(2)10-5-4-6-11(7-10)21-14-12-8-17-20-13(12)18-15(16-3)19-14/h4-9H,1-3H3,(H2,16,17,18,19,20). The average molecular weight is 283 g/mol. The van der Waals surface area contributed by atoms with Crippen LogP contribution >= 0.6 is 0 Å². The second kappa shape index (κ2) is 5.40. The third-order valence-electron chi connectivity index (χ3n) is 3.24. The Hall–Kier alpha value is -2.63. The molecule has 0 radical (unpaired) electrons. The van der Waals surface area contributed by atoms with E-state index in [0.717, 1.165) is 11.1 Å². The lowest BCUT2D eigenvalue weighted by Crippen LogP contribution is -1.99. The molecule has 21 heavy (non-hydrogen) atoms. The summed E-state index contributed by atoms with van der Waals surface area (Å²) in [5.41, 5.74) is 1.86. The smallest absolute Gasteiger partial charge is 0.235 e. The zero-order chi connectivity index (χ0) is 14.8. The Morgan fingerprint density at radius 1 is 1.24 bits per heavy atom. The summed E-state index contributed by atoms with van der Waals surface area (Å²) in [5.74, 6) is 2.17. The highest BCUT2D eigenvalue weighted by Gasteiger charge is 2.11. The molecule has 2 heterocycles. The predicted molar refractivity (Wildman–Crippen MR) is 81.8 cm³/mol. The van der Waals surface area contributed by atoms with E-state index in [9.17, 15) is 0 Å². The lowest BCUT2D eigenvalue weighted by atomic mass is 10.0. The molecule has 0 saturated carbocycles. The van der Waals surface area contributed by atoms with E-state index in [1.54, 1.807) is 13.2 Å². The van der Waals surface area contributed by atoms with Crippen molar-refractivity contribution in [2.45, 2.75) is 19.8 Å². The van der Waals surface area contributed by atoms with Crippen LogP contribution in [0.3, 0.4) is 0 Å². The summed E-state index contributed by atoms with van der Waals surface area (Å²) in [7, 11) is 1.76. The van der Waals surface area contributed by atoms with Crippen molar-refractivity contribution < 1.29 is 4.74 Å². The lowest BCUT2D eigenvalue weighted by molar-refractivity contribution is 0.468. The van der Waals surface area contributed by atoms with Crippen LogP contribution in [0.25, 0.3) is 11.0 Å². The molecule has 0 aliphatic carbocycles. The number of anilines is 1. The molecule has 6 heteroatoms. The van der Waals surface area contributed by atoms with Crippen molar-refractivity contribution in [2.75, 3.05) is 12.4 Å². The Bertz CT molecular complexity index is 766. The van der Waals surface area contributed by atoms with Crippen molar-refractivity contribution in [3.05, 3.63) is 36.0 Å². The minimum Gasteiger partial charge on any atom is -0.438 e. The fourth-order valence-electron chi connectivity index (χ4n) is 2.05. The van der Waals surface area contributed by atoms with Crippen LogP contribution in [-0.2, 0) is 0 Å². The maximum Gasteiger partial charge on any atom is 0.235 e. The van der Waals surface area contributed by atoms with Gasteiger partial charge in [0.15, 0.2) is 5.65 Å². The molecule has 6 nitrogen and oxygen atoms in total. The van der Waals surface area contributed by atoms with Gasteiger partial charge in [0.1, 0.15) is 11.1 Å². The SMILES string of the molecule is CNc1nc(Oc2cccc(C(C)C)c2)c2cn[nH]c2n1. The highest BCUT2D eigenvalue weighted by atomic mass is 16.5. The molecule has 2 aromatic heterocycles. The van der Waals surface area contributed by atoms with Crippen molar-refractivity contribution in [3.63, 3.8) is 0 Å². The first-order chi connectivity index (χ1) is 10.2. The molecular formula is C15H17N5O. The van der Waals surface area contributed by atoms with E-state index in [1.807, 2.05) is 18.2 Å². The van der Waals surface area contributed by atoms with Gasteiger partial charge in [-0.3, -0.25) is 5.10 Å². The largest absolute Gasteiger partial charge is 0.438 e. The molecule has 2 N–H and O–H groups in total. The van der Waals surface area contributed by atoms with Gasteiger partial charge < -0.3 is 10.1 Å². The summed E-state index contributed by atoms with van der Waals surface area (Å²) >= 11 is 0. The highest BCUT2D eigenvalue weighted by molar-refractivity contribution is 5.80. The summed E-state index contributed by atoms with van der Waals surface area (Å²) in [6, 6.07) is 8.01. The van der Waals surface area contributed by atoms with E-state index in [2.05, 4.69) is 45.4 Å². The maximum atomic E-state index is 5.93. The molecule has 0 unspecified atom stereocenters. The molecule has 3 rings (SSSR count). The molecular weight excluding hydrogens is 266 g/mol. The number of hydrogen-bond donors (Lipinski definition) is 2. The first kappa shape index (κ1) is 13.4. The monoisotopic (exact) mass is 283 g/mol. The van der Waals surface area contributed by atoms with Gasteiger partial charge in [-0.1, -0.05) is 26.0 Å². The molecule has 0 saturated heterocycles. The number of nitrogens with zero attached hydrogens (tertiary/aromatic N) is 3. The fraction of sp³-hybridized carbons (Fsp3) is 0.267. The van der Waals surface area contributed by atoms with Crippen molar-refractivity contribution in [3.8, 4) is 11.6 Å². The van der Waals surface area contributed by atoms with Crippen molar-refractivity contribution in [2.24, 2.45) is 0 Å². The molecule has 0 amide bonds. The molecule has 108 valence electrons. The van der Waals surface area contributed by atoms with Crippen LogP contribution in [0.5, 0.6) is 11.6 Å². The topological polar surface area (TPSA) is 75.7 Å². The lowest BCUT2D eigenvalue weighted by Gasteiger charge is -2.10. The molecule has 0 aliphatic rings. The quantitative estimate of drug-likeness (QED) is 0.768. The number of aromatic amines is 1. The van der Waals surface area contributed by atoms with Gasteiger partial charge in [-0.05, 0) is 23.6 Å². The predicted octanol–water partition coefficient (Wildman–Crippen LogP) is 3.31. The molecule has 0 spiro atoms. The summed E-state index contributed by atoms with van der Waals surface area (Å²) in [4.78, 5) is 8.64. The summed E-state index contributed by atoms with van der Waals surface area (Å²) in [6.45, 7) is 4.30. The highest BCUT2D eigenvalue weighted by Crippen LogP contribution is 2.29. The van der Waals surface area contributed by atoms with Crippen LogP contribution in [0, 0.1) is 0 Å². The molecule has 0 atom stereocenters. The molecule has 1 aromatic carbocycles. The normalized spacial score (nSPS) is 11.0. The second-order valence-corrected chi connectivity index (χ2v) is 5.06. The zero-order valence-electron chi connectivity index (χ0n) is 12.2. The number of hydrogen-bond acceptors (Lipinski definition) is 5. The third-order valence-corrected chi connectivity index (χ3v) is 3.24. The summed E-state index contributed by atoms with van der Waals surface area (Å²) in [6.07, 6.45) is 1.66. The Balaban J connectivity index is 2.01. The third kappa shape index (κ3) is 2.65. The minimum absolute atomic E-state index is 0.445. The van der Waals surface area contributed by atoms with E-state index in [4.69, 9.17) is 4.74 Å². The first-order valence-corrected chi connectivity index (χ1v) is 6.84. The van der Waals surface area contributed by atoms with Crippen molar-refractivity contribution >= 4 is 17.0 Å². The second-order valence-electron chi connectivity index (χ2n) is 5.06. The van der Waals surface area contributed by atoms with Gasteiger partial charge >= 0.3 is 0 Å². The van der Waals surface area contributed by atoms with E-state index in [0.29, 0.717) is 23.4 Å². The maximum absolute atomic E-state index is 5.93. The van der Waals surface area contributed by atoms with Gasteiger partial charge in [0.2, 0.25) is 11.8 Å². The van der Waals surface area contributed by atoms with E-state index in [1.165, 1.54) is 5.56 Å². The summed E-state index contributed by atoms with van der Waals surface area (Å²) < 4.78 is 5.93. The minimum atomic E-state index is 0.445. The molecule has 3 aromatic rings. The first-order valence-electron chi connectivity index (χ1n) is 6.84. The molecule has 0 bridgehead atoms. The van der Waals surface area contributed by atoms with E-state index >= 15 is 0 Å². The van der Waals surface area contributed by atoms with Gasteiger partial charge in [0, 0.05) is 7.05 Å². The van der Waals surface area contributed by atoms with Crippen LogP contribution < -0.4 is 10.1 Å². The Labute approximate surface area is 122 Å². The number of ether oxygens (including phenoxy) is 1. The number of nitrogens with one attached hydrogen (secondary N) is 2. The average Bonchev–Trinajstić information content (AvgIpc) is 2.96. The van der Waals surface area contributed by atoms with Crippen LogP contribution in [0.2, 0.25) is 0 Å². The summed E-state index contributed by atoms with van der Waals surface area (Å²) in [5, 5.41) is 10.5. The Kier molecular flexibility index (Phi) is 3.43. The fourth-order valence-corrected chi connectivity index (χ4v) is 2.05. The Morgan fingerprint density at radius 3 is 2.86 bits per heavy atom. The Morgan fingerprint density at radius 2 is 2.10 bits per heavy atom.